The van der Waals surface area contributed by atoms with Crippen LogP contribution in [0.3, 0.4) is 0 Å². The minimum atomic E-state index is -0.210. The topological polar surface area (TPSA) is 63.2 Å². The van der Waals surface area contributed by atoms with Gasteiger partial charge >= 0.3 is 0 Å². The Morgan fingerprint density at radius 3 is 2.54 bits per heavy atom. The molecule has 1 heterocycles. The molecular formula is C21H21N3O2. The molecule has 26 heavy (non-hydrogen) atoms. The third-order valence-corrected chi connectivity index (χ3v) is 3.81. The molecule has 0 unspecified atom stereocenters. The molecular weight excluding hydrogens is 326 g/mol. The number of amides is 1. The SMILES string of the molecule is CCOc1ccc(NC(=O)c2cnccc2NCc2ccccc2)cc1. The van der Waals surface area contributed by atoms with Gasteiger partial charge in [-0.1, -0.05) is 30.3 Å². The molecule has 0 fully saturated rings. The van der Waals surface area contributed by atoms with Crippen molar-refractivity contribution in [3.05, 3.63) is 84.2 Å². The first kappa shape index (κ1) is 17.5. The molecule has 1 amide bonds. The predicted octanol–water partition coefficient (Wildman–Crippen LogP) is 4.34. The first-order valence-electron chi connectivity index (χ1n) is 8.52. The van der Waals surface area contributed by atoms with Crippen molar-refractivity contribution in [1.82, 2.24) is 4.98 Å². The van der Waals surface area contributed by atoms with Crippen LogP contribution >= 0.6 is 0 Å². The number of ether oxygens (including phenoxy) is 1. The van der Waals surface area contributed by atoms with Gasteiger partial charge in [0.2, 0.25) is 0 Å². The molecule has 132 valence electrons. The number of rotatable bonds is 7. The van der Waals surface area contributed by atoms with E-state index in [1.54, 1.807) is 18.5 Å². The van der Waals surface area contributed by atoms with E-state index in [0.717, 1.165) is 17.0 Å². The summed E-state index contributed by atoms with van der Waals surface area (Å²) in [6.45, 7) is 3.17. The van der Waals surface area contributed by atoms with Gasteiger partial charge < -0.3 is 15.4 Å². The van der Waals surface area contributed by atoms with Gasteiger partial charge in [-0.2, -0.15) is 0 Å². The fourth-order valence-electron chi connectivity index (χ4n) is 2.52. The van der Waals surface area contributed by atoms with E-state index >= 15 is 0 Å². The fraction of sp³-hybridized carbons (Fsp3) is 0.143. The average molecular weight is 347 g/mol. The Morgan fingerprint density at radius 2 is 1.81 bits per heavy atom. The number of anilines is 2. The maximum Gasteiger partial charge on any atom is 0.259 e. The van der Waals surface area contributed by atoms with Gasteiger partial charge in [-0.3, -0.25) is 9.78 Å². The van der Waals surface area contributed by atoms with Crippen LogP contribution in [0.15, 0.2) is 73.1 Å². The molecule has 0 atom stereocenters. The maximum atomic E-state index is 12.6. The summed E-state index contributed by atoms with van der Waals surface area (Å²) in [6, 6.07) is 19.1. The van der Waals surface area contributed by atoms with E-state index < -0.39 is 0 Å². The molecule has 5 nitrogen and oxygen atoms in total. The molecule has 5 heteroatoms. The third-order valence-electron chi connectivity index (χ3n) is 3.81. The van der Waals surface area contributed by atoms with Crippen LogP contribution in [0, 0.1) is 0 Å². The summed E-state index contributed by atoms with van der Waals surface area (Å²) in [6.07, 6.45) is 3.23. The van der Waals surface area contributed by atoms with Crippen LogP contribution in [0.5, 0.6) is 5.75 Å². The van der Waals surface area contributed by atoms with Gasteiger partial charge in [-0.15, -0.1) is 0 Å². The number of nitrogens with zero attached hydrogens (tertiary/aromatic N) is 1. The second kappa shape index (κ2) is 8.67. The molecule has 0 spiro atoms. The monoisotopic (exact) mass is 347 g/mol. The van der Waals surface area contributed by atoms with E-state index in [2.05, 4.69) is 15.6 Å². The van der Waals surface area contributed by atoms with Crippen molar-refractivity contribution < 1.29 is 9.53 Å². The lowest BCUT2D eigenvalue weighted by Gasteiger charge is -2.12. The lowest BCUT2D eigenvalue weighted by atomic mass is 10.2. The molecule has 0 saturated carbocycles. The van der Waals surface area contributed by atoms with Crippen molar-refractivity contribution in [3.8, 4) is 5.75 Å². The summed E-state index contributed by atoms with van der Waals surface area (Å²) in [5.41, 5.74) is 3.09. The van der Waals surface area contributed by atoms with Crippen molar-refractivity contribution in [2.45, 2.75) is 13.5 Å². The highest BCUT2D eigenvalue weighted by Crippen LogP contribution is 2.19. The lowest BCUT2D eigenvalue weighted by molar-refractivity contribution is 0.102. The van der Waals surface area contributed by atoms with E-state index in [4.69, 9.17) is 4.74 Å². The van der Waals surface area contributed by atoms with Crippen LogP contribution in [0.1, 0.15) is 22.8 Å². The molecule has 1 aromatic heterocycles. The standard InChI is InChI=1S/C21H21N3O2/c1-2-26-18-10-8-17(9-11-18)24-21(25)19-15-22-13-12-20(19)23-14-16-6-4-3-5-7-16/h3-13,15H,2,14H2,1H3,(H,22,23)(H,24,25). The predicted molar refractivity (Wildman–Crippen MR) is 104 cm³/mol. The zero-order valence-corrected chi connectivity index (χ0v) is 14.6. The van der Waals surface area contributed by atoms with Crippen LogP contribution in [0.2, 0.25) is 0 Å². The summed E-state index contributed by atoms with van der Waals surface area (Å²) in [5, 5.41) is 6.19. The molecule has 3 rings (SSSR count). The highest BCUT2D eigenvalue weighted by Gasteiger charge is 2.12. The number of pyridine rings is 1. The van der Waals surface area contributed by atoms with Gasteiger partial charge in [-0.05, 0) is 42.8 Å². The van der Waals surface area contributed by atoms with Crippen molar-refractivity contribution in [1.29, 1.82) is 0 Å². The minimum absolute atomic E-state index is 0.210. The number of hydrogen-bond acceptors (Lipinski definition) is 4. The number of hydrogen-bond donors (Lipinski definition) is 2. The molecule has 3 aromatic rings. The normalized spacial score (nSPS) is 10.2. The molecule has 0 bridgehead atoms. The summed E-state index contributed by atoms with van der Waals surface area (Å²) in [4.78, 5) is 16.7. The number of aromatic nitrogens is 1. The summed E-state index contributed by atoms with van der Waals surface area (Å²) >= 11 is 0. The van der Waals surface area contributed by atoms with Crippen molar-refractivity contribution in [3.63, 3.8) is 0 Å². The van der Waals surface area contributed by atoms with Gasteiger partial charge in [0.1, 0.15) is 5.75 Å². The summed E-state index contributed by atoms with van der Waals surface area (Å²) < 4.78 is 5.41. The van der Waals surface area contributed by atoms with Crippen molar-refractivity contribution in [2.24, 2.45) is 0 Å². The number of nitrogens with one attached hydrogen (secondary N) is 2. The highest BCUT2D eigenvalue weighted by atomic mass is 16.5. The Bertz CT molecular complexity index is 849. The molecule has 0 aliphatic heterocycles. The Balaban J connectivity index is 1.69. The van der Waals surface area contributed by atoms with E-state index in [-0.39, 0.29) is 5.91 Å². The zero-order valence-electron chi connectivity index (χ0n) is 14.6. The molecule has 2 N–H and O–H groups in total. The number of carbonyl (C=O) groups excluding carboxylic acids is 1. The Hall–Kier alpha value is -3.34. The van der Waals surface area contributed by atoms with Gasteiger partial charge in [0.15, 0.2) is 0 Å². The number of benzene rings is 2. The molecule has 0 aliphatic rings. The van der Waals surface area contributed by atoms with Crippen LogP contribution < -0.4 is 15.4 Å². The fourth-order valence-corrected chi connectivity index (χ4v) is 2.52. The smallest absolute Gasteiger partial charge is 0.259 e. The van der Waals surface area contributed by atoms with Gasteiger partial charge in [-0.25, -0.2) is 0 Å². The Labute approximate surface area is 153 Å². The highest BCUT2D eigenvalue weighted by molar-refractivity contribution is 6.07. The summed E-state index contributed by atoms with van der Waals surface area (Å²) in [7, 11) is 0. The quantitative estimate of drug-likeness (QED) is 0.667. The van der Waals surface area contributed by atoms with Crippen LogP contribution in [-0.4, -0.2) is 17.5 Å². The lowest BCUT2D eigenvalue weighted by Crippen LogP contribution is -2.15. The van der Waals surface area contributed by atoms with E-state index in [1.165, 1.54) is 0 Å². The molecule has 2 aromatic carbocycles. The summed E-state index contributed by atoms with van der Waals surface area (Å²) in [5.74, 6) is 0.565. The molecule has 0 aliphatic carbocycles. The van der Waals surface area contributed by atoms with Crippen molar-refractivity contribution >= 4 is 17.3 Å². The molecule has 0 radical (unpaired) electrons. The third kappa shape index (κ3) is 4.60. The first-order chi connectivity index (χ1) is 12.8. The maximum absolute atomic E-state index is 12.6. The van der Waals surface area contributed by atoms with Gasteiger partial charge in [0.25, 0.3) is 5.91 Å². The van der Waals surface area contributed by atoms with Crippen LogP contribution in [-0.2, 0) is 6.54 Å². The minimum Gasteiger partial charge on any atom is -0.494 e. The Kier molecular flexibility index (Phi) is 5.83. The van der Waals surface area contributed by atoms with E-state index in [0.29, 0.717) is 24.4 Å². The second-order valence-corrected chi connectivity index (χ2v) is 5.67. The molecule has 0 saturated heterocycles. The average Bonchev–Trinajstić information content (AvgIpc) is 2.69. The van der Waals surface area contributed by atoms with Crippen molar-refractivity contribution in [2.75, 3.05) is 17.2 Å². The second-order valence-electron chi connectivity index (χ2n) is 5.67. The Morgan fingerprint density at radius 1 is 1.04 bits per heavy atom. The zero-order chi connectivity index (χ0) is 18.2. The van der Waals surface area contributed by atoms with Gasteiger partial charge in [0, 0.05) is 24.6 Å². The van der Waals surface area contributed by atoms with Crippen LogP contribution in [0.4, 0.5) is 11.4 Å². The number of carbonyl (C=O) groups is 1. The van der Waals surface area contributed by atoms with Crippen LogP contribution in [0.25, 0.3) is 0 Å². The van der Waals surface area contributed by atoms with E-state index in [1.807, 2.05) is 61.5 Å². The van der Waals surface area contributed by atoms with E-state index in [9.17, 15) is 4.79 Å². The largest absolute Gasteiger partial charge is 0.494 e. The van der Waals surface area contributed by atoms with Gasteiger partial charge in [0.05, 0.1) is 17.9 Å². The first-order valence-corrected chi connectivity index (χ1v) is 8.52.